The number of carbonyl (C=O) groups excluding carboxylic acids is 2. The van der Waals surface area contributed by atoms with Crippen molar-refractivity contribution in [2.24, 2.45) is 0 Å². The lowest BCUT2D eigenvalue weighted by atomic mass is 10.1. The van der Waals surface area contributed by atoms with Gasteiger partial charge in [-0.05, 0) is 13.8 Å². The molecule has 0 aromatic carbocycles. The van der Waals surface area contributed by atoms with Gasteiger partial charge in [0.1, 0.15) is 12.3 Å². The number of carbonyl (C=O) groups is 2. The van der Waals surface area contributed by atoms with Crippen molar-refractivity contribution in [3.8, 4) is 0 Å². The number of aromatic nitrogens is 1. The highest BCUT2D eigenvalue weighted by Crippen LogP contribution is 2.30. The van der Waals surface area contributed by atoms with Crippen LogP contribution in [0.25, 0.3) is 0 Å². The summed E-state index contributed by atoms with van der Waals surface area (Å²) in [6.45, 7) is 4.88. The van der Waals surface area contributed by atoms with Crippen molar-refractivity contribution in [1.29, 1.82) is 0 Å². The lowest BCUT2D eigenvalue weighted by Crippen LogP contribution is -2.58. The fourth-order valence-electron chi connectivity index (χ4n) is 2.41. The van der Waals surface area contributed by atoms with Crippen molar-refractivity contribution in [1.82, 2.24) is 15.4 Å². The number of hydrogen-bond donors (Lipinski definition) is 1. The maximum atomic E-state index is 12.5. The van der Waals surface area contributed by atoms with Crippen LogP contribution in [0.4, 0.5) is 0 Å². The molecule has 0 unspecified atom stereocenters. The number of amides is 2. The summed E-state index contributed by atoms with van der Waals surface area (Å²) in [7, 11) is 0. The fourth-order valence-corrected chi connectivity index (χ4v) is 3.41. The lowest BCUT2D eigenvalue weighted by molar-refractivity contribution is -0.137. The van der Waals surface area contributed by atoms with Gasteiger partial charge in [0.2, 0.25) is 11.8 Å². The molecule has 1 aromatic rings. The zero-order chi connectivity index (χ0) is 14.3. The van der Waals surface area contributed by atoms with Gasteiger partial charge < -0.3 is 14.7 Å². The molecule has 1 atom stereocenters. The maximum absolute atomic E-state index is 12.5. The first-order valence-corrected chi connectivity index (χ1v) is 7.62. The van der Waals surface area contributed by atoms with E-state index < -0.39 is 10.8 Å². The third-order valence-corrected chi connectivity index (χ3v) is 5.19. The highest BCUT2D eigenvalue weighted by Gasteiger charge is 2.39. The van der Waals surface area contributed by atoms with E-state index >= 15 is 0 Å². The van der Waals surface area contributed by atoms with E-state index in [0.717, 1.165) is 11.3 Å². The Morgan fingerprint density at radius 2 is 2.40 bits per heavy atom. The van der Waals surface area contributed by atoms with Crippen molar-refractivity contribution in [2.75, 3.05) is 12.3 Å². The Hall–Kier alpha value is -1.50. The van der Waals surface area contributed by atoms with Crippen LogP contribution in [0.3, 0.4) is 0 Å². The zero-order valence-corrected chi connectivity index (χ0v) is 12.3. The Kier molecular flexibility index (Phi) is 3.24. The maximum Gasteiger partial charge on any atom is 0.246 e. The van der Waals surface area contributed by atoms with Gasteiger partial charge in [0.05, 0.1) is 17.0 Å². The van der Waals surface area contributed by atoms with E-state index in [4.69, 9.17) is 4.52 Å². The van der Waals surface area contributed by atoms with E-state index in [-0.39, 0.29) is 11.8 Å². The lowest BCUT2D eigenvalue weighted by Gasteiger charge is -2.36. The summed E-state index contributed by atoms with van der Waals surface area (Å²) >= 11 is 1.53. The minimum atomic E-state index is -0.458. The van der Waals surface area contributed by atoms with E-state index in [1.165, 1.54) is 11.8 Å². The Balaban J connectivity index is 1.67. The summed E-state index contributed by atoms with van der Waals surface area (Å²) in [5, 5.41) is 6.74. The highest BCUT2D eigenvalue weighted by molar-refractivity contribution is 8.01. The van der Waals surface area contributed by atoms with Gasteiger partial charge in [-0.15, -0.1) is 11.8 Å². The molecule has 7 heteroatoms. The topological polar surface area (TPSA) is 75.4 Å². The number of nitrogens with one attached hydrogen (secondary N) is 1. The molecule has 1 fully saturated rings. The molecule has 0 saturated carbocycles. The minimum Gasteiger partial charge on any atom is -0.364 e. The molecule has 2 aliphatic heterocycles. The van der Waals surface area contributed by atoms with Gasteiger partial charge in [-0.2, -0.15) is 0 Å². The molecule has 108 valence electrons. The standard InChI is InChI=1S/C13H17N3O3S/c1-13(2)12(18)14-10(7-20-13)11(17)16-4-3-9-8(5-16)6-19-15-9/h6,10H,3-5,7H2,1-2H3,(H,14,18)/t10-/m0/s1. The van der Waals surface area contributed by atoms with Crippen LogP contribution in [-0.4, -0.2) is 45.0 Å². The van der Waals surface area contributed by atoms with Gasteiger partial charge in [-0.1, -0.05) is 5.16 Å². The molecule has 2 amide bonds. The summed E-state index contributed by atoms with van der Waals surface area (Å²) in [6.07, 6.45) is 2.29. The van der Waals surface area contributed by atoms with Crippen molar-refractivity contribution >= 4 is 23.6 Å². The number of hydrogen-bond acceptors (Lipinski definition) is 5. The second kappa shape index (κ2) is 4.80. The molecule has 0 spiro atoms. The van der Waals surface area contributed by atoms with Gasteiger partial charge in [0.15, 0.2) is 0 Å². The molecule has 0 radical (unpaired) electrons. The van der Waals surface area contributed by atoms with Crippen LogP contribution in [0.1, 0.15) is 25.1 Å². The fraction of sp³-hybridized carbons (Fsp3) is 0.615. The van der Waals surface area contributed by atoms with E-state index in [1.54, 1.807) is 11.2 Å². The van der Waals surface area contributed by atoms with E-state index in [2.05, 4.69) is 10.5 Å². The second-order valence-corrected chi connectivity index (χ2v) is 7.29. The highest BCUT2D eigenvalue weighted by atomic mass is 32.2. The third-order valence-electron chi connectivity index (χ3n) is 3.78. The first kappa shape index (κ1) is 13.5. The predicted molar refractivity (Wildman–Crippen MR) is 74.1 cm³/mol. The first-order chi connectivity index (χ1) is 9.47. The molecule has 6 nitrogen and oxygen atoms in total. The minimum absolute atomic E-state index is 0.0202. The second-order valence-electron chi connectivity index (χ2n) is 5.64. The Labute approximate surface area is 121 Å². The summed E-state index contributed by atoms with van der Waals surface area (Å²) in [5.74, 6) is 0.521. The average Bonchev–Trinajstić information content (AvgIpc) is 2.88. The van der Waals surface area contributed by atoms with Gasteiger partial charge in [0, 0.05) is 24.3 Å². The van der Waals surface area contributed by atoms with Gasteiger partial charge in [-0.25, -0.2) is 0 Å². The largest absolute Gasteiger partial charge is 0.364 e. The average molecular weight is 295 g/mol. The van der Waals surface area contributed by atoms with Crippen LogP contribution in [0, 0.1) is 0 Å². The zero-order valence-electron chi connectivity index (χ0n) is 11.5. The molecular weight excluding hydrogens is 278 g/mol. The summed E-state index contributed by atoms with van der Waals surface area (Å²) in [5.41, 5.74) is 1.89. The van der Waals surface area contributed by atoms with Crippen LogP contribution in [-0.2, 0) is 22.6 Å². The van der Waals surface area contributed by atoms with Gasteiger partial charge in [0.25, 0.3) is 0 Å². The molecule has 2 aliphatic rings. The van der Waals surface area contributed by atoms with Crippen LogP contribution >= 0.6 is 11.8 Å². The first-order valence-electron chi connectivity index (χ1n) is 6.63. The summed E-state index contributed by atoms with van der Waals surface area (Å²) in [6, 6.07) is -0.429. The SMILES string of the molecule is CC1(C)SC[C@@H](C(=O)N2CCc3nocc3C2)NC1=O. The molecule has 1 N–H and O–H groups in total. The van der Waals surface area contributed by atoms with Crippen LogP contribution in [0.2, 0.25) is 0 Å². The number of nitrogens with zero attached hydrogens (tertiary/aromatic N) is 2. The Bertz CT molecular complexity index is 555. The molecule has 20 heavy (non-hydrogen) atoms. The molecule has 3 rings (SSSR count). The summed E-state index contributed by atoms with van der Waals surface area (Å²) in [4.78, 5) is 26.2. The monoisotopic (exact) mass is 295 g/mol. The predicted octanol–water partition coefficient (Wildman–Crippen LogP) is 0.569. The molecule has 0 aliphatic carbocycles. The Morgan fingerprint density at radius 3 is 3.15 bits per heavy atom. The van der Waals surface area contributed by atoms with E-state index in [9.17, 15) is 9.59 Å². The smallest absolute Gasteiger partial charge is 0.246 e. The quantitative estimate of drug-likeness (QED) is 0.820. The van der Waals surface area contributed by atoms with Crippen molar-refractivity contribution in [3.63, 3.8) is 0 Å². The molecule has 1 saturated heterocycles. The van der Waals surface area contributed by atoms with Crippen LogP contribution in [0.5, 0.6) is 0 Å². The van der Waals surface area contributed by atoms with Crippen LogP contribution in [0.15, 0.2) is 10.8 Å². The molecule has 3 heterocycles. The van der Waals surface area contributed by atoms with E-state index in [0.29, 0.717) is 25.3 Å². The van der Waals surface area contributed by atoms with E-state index in [1.807, 2.05) is 13.8 Å². The third kappa shape index (κ3) is 2.30. The van der Waals surface area contributed by atoms with Crippen molar-refractivity contribution in [3.05, 3.63) is 17.5 Å². The van der Waals surface area contributed by atoms with Crippen molar-refractivity contribution < 1.29 is 14.1 Å². The molecule has 0 bridgehead atoms. The molecule has 1 aromatic heterocycles. The van der Waals surface area contributed by atoms with Gasteiger partial charge >= 0.3 is 0 Å². The normalized spacial score (nSPS) is 25.0. The number of rotatable bonds is 1. The summed E-state index contributed by atoms with van der Waals surface area (Å²) < 4.78 is 4.47. The number of thioether (sulfide) groups is 1. The molecular formula is C13H17N3O3S. The van der Waals surface area contributed by atoms with Gasteiger partial charge in [-0.3, -0.25) is 9.59 Å². The number of fused-ring (bicyclic) bond motifs is 1. The van der Waals surface area contributed by atoms with Crippen molar-refractivity contribution in [2.45, 2.75) is 37.6 Å². The van der Waals surface area contributed by atoms with Crippen LogP contribution < -0.4 is 5.32 Å². The Morgan fingerprint density at radius 1 is 1.60 bits per heavy atom.